The van der Waals surface area contributed by atoms with Gasteiger partial charge in [-0.2, -0.15) is 0 Å². The van der Waals surface area contributed by atoms with Crippen LogP contribution in [-0.4, -0.2) is 9.91 Å². The number of benzene rings is 1. The molecule has 0 aliphatic carbocycles. The number of rotatable bonds is 3. The predicted octanol–water partition coefficient (Wildman–Crippen LogP) is 3.88. The summed E-state index contributed by atoms with van der Waals surface area (Å²) in [7, 11) is 0. The molecule has 0 saturated heterocycles. The highest BCUT2D eigenvalue weighted by atomic mass is 35.5. The van der Waals surface area contributed by atoms with Gasteiger partial charge in [0.05, 0.1) is 9.95 Å². The zero-order valence-corrected chi connectivity index (χ0v) is 10.5. The van der Waals surface area contributed by atoms with Gasteiger partial charge < -0.3 is 4.74 Å². The lowest BCUT2D eigenvalue weighted by molar-refractivity contribution is -0.385. The van der Waals surface area contributed by atoms with Crippen LogP contribution in [0.3, 0.4) is 0 Å². The highest BCUT2D eigenvalue weighted by Crippen LogP contribution is 2.28. The third-order valence-electron chi connectivity index (χ3n) is 2.35. The van der Waals surface area contributed by atoms with Crippen molar-refractivity contribution in [1.29, 1.82) is 0 Å². The number of ether oxygens (including phenoxy) is 1. The van der Waals surface area contributed by atoms with Gasteiger partial charge in [-0.05, 0) is 25.1 Å². The average molecular weight is 283 g/mol. The summed E-state index contributed by atoms with van der Waals surface area (Å²) in [5.41, 5.74) is 0.383. The molecule has 0 unspecified atom stereocenters. The van der Waals surface area contributed by atoms with E-state index in [1.54, 1.807) is 6.92 Å². The summed E-state index contributed by atoms with van der Waals surface area (Å²) in [4.78, 5) is 13.9. The Bertz CT molecular complexity index is 649. The maximum atomic E-state index is 13.5. The van der Waals surface area contributed by atoms with E-state index in [1.165, 1.54) is 24.4 Å². The van der Waals surface area contributed by atoms with Gasteiger partial charge >= 0.3 is 0 Å². The van der Waals surface area contributed by atoms with Crippen molar-refractivity contribution < 1.29 is 14.1 Å². The molecule has 1 aromatic heterocycles. The smallest absolute Gasteiger partial charge is 0.272 e. The maximum absolute atomic E-state index is 13.5. The molecule has 5 nitrogen and oxygen atoms in total. The SMILES string of the molecule is Cc1cc(Oc2ncc(Cl)cc2F)ccc1[N+](=O)[O-]. The summed E-state index contributed by atoms with van der Waals surface area (Å²) >= 11 is 5.57. The van der Waals surface area contributed by atoms with E-state index in [0.29, 0.717) is 5.56 Å². The average Bonchev–Trinajstić information content (AvgIpc) is 2.32. The quantitative estimate of drug-likeness (QED) is 0.633. The zero-order valence-electron chi connectivity index (χ0n) is 9.76. The van der Waals surface area contributed by atoms with E-state index in [9.17, 15) is 14.5 Å². The lowest BCUT2D eigenvalue weighted by Crippen LogP contribution is -1.95. The zero-order chi connectivity index (χ0) is 14.0. The van der Waals surface area contributed by atoms with Gasteiger partial charge in [-0.1, -0.05) is 11.6 Å². The molecule has 2 rings (SSSR count). The van der Waals surface area contributed by atoms with Crippen LogP contribution in [0.4, 0.5) is 10.1 Å². The van der Waals surface area contributed by atoms with Gasteiger partial charge in [-0.25, -0.2) is 9.37 Å². The molecule has 1 heterocycles. The van der Waals surface area contributed by atoms with E-state index < -0.39 is 10.7 Å². The molecule has 0 saturated carbocycles. The van der Waals surface area contributed by atoms with Crippen molar-refractivity contribution in [3.8, 4) is 11.6 Å². The number of nitro groups is 1. The van der Waals surface area contributed by atoms with Crippen molar-refractivity contribution in [2.45, 2.75) is 6.92 Å². The fraction of sp³-hybridized carbons (Fsp3) is 0.0833. The number of hydrogen-bond donors (Lipinski definition) is 0. The Hall–Kier alpha value is -2.21. The fourth-order valence-corrected chi connectivity index (χ4v) is 1.63. The van der Waals surface area contributed by atoms with Gasteiger partial charge in [0.2, 0.25) is 0 Å². The molecule has 0 fully saturated rings. The van der Waals surface area contributed by atoms with Crippen LogP contribution in [0, 0.1) is 22.9 Å². The molecular formula is C12H8ClFN2O3. The van der Waals surface area contributed by atoms with Crippen molar-refractivity contribution >= 4 is 17.3 Å². The highest BCUT2D eigenvalue weighted by molar-refractivity contribution is 6.30. The first-order valence-corrected chi connectivity index (χ1v) is 5.59. The molecular weight excluding hydrogens is 275 g/mol. The van der Waals surface area contributed by atoms with E-state index >= 15 is 0 Å². The standard InChI is InChI=1S/C12H8ClFN2O3/c1-7-4-9(2-3-11(7)16(17)18)19-12-10(14)5-8(13)6-15-12/h2-6H,1H3. The Labute approximate surface area is 112 Å². The molecule has 2 aromatic rings. The third-order valence-corrected chi connectivity index (χ3v) is 2.56. The molecule has 1 aromatic carbocycles. The second-order valence-electron chi connectivity index (χ2n) is 3.75. The number of halogens is 2. The van der Waals surface area contributed by atoms with Gasteiger partial charge in [0.15, 0.2) is 5.82 Å². The van der Waals surface area contributed by atoms with Crippen LogP contribution in [0.15, 0.2) is 30.5 Å². The van der Waals surface area contributed by atoms with Crippen LogP contribution in [0.2, 0.25) is 5.02 Å². The van der Waals surface area contributed by atoms with Crippen molar-refractivity contribution in [3.05, 3.63) is 57.0 Å². The molecule has 0 amide bonds. The Morgan fingerprint density at radius 3 is 2.74 bits per heavy atom. The van der Waals surface area contributed by atoms with Gasteiger partial charge in [0, 0.05) is 17.8 Å². The second kappa shape index (κ2) is 5.19. The minimum atomic E-state index is -0.705. The first-order chi connectivity index (χ1) is 8.97. The molecule has 0 aliphatic rings. The summed E-state index contributed by atoms with van der Waals surface area (Å²) in [5, 5.41) is 10.8. The van der Waals surface area contributed by atoms with Crippen molar-refractivity contribution in [1.82, 2.24) is 4.98 Å². The second-order valence-corrected chi connectivity index (χ2v) is 4.18. The highest BCUT2D eigenvalue weighted by Gasteiger charge is 2.13. The molecule has 0 atom stereocenters. The van der Waals surface area contributed by atoms with Crippen LogP contribution in [0.25, 0.3) is 0 Å². The summed E-state index contributed by atoms with van der Waals surface area (Å²) in [5.74, 6) is -0.682. The van der Waals surface area contributed by atoms with E-state index in [4.69, 9.17) is 16.3 Å². The van der Waals surface area contributed by atoms with Gasteiger partial charge in [-0.15, -0.1) is 0 Å². The Morgan fingerprint density at radius 1 is 1.42 bits per heavy atom. The van der Waals surface area contributed by atoms with Gasteiger partial charge in [0.25, 0.3) is 11.6 Å². The summed E-state index contributed by atoms with van der Waals surface area (Å²) in [6.45, 7) is 1.57. The first kappa shape index (κ1) is 13.2. The number of nitrogens with zero attached hydrogens (tertiary/aromatic N) is 2. The van der Waals surface area contributed by atoms with Gasteiger partial charge in [-0.3, -0.25) is 10.1 Å². The van der Waals surface area contributed by atoms with Crippen LogP contribution in [0.1, 0.15) is 5.56 Å². The molecule has 98 valence electrons. The summed E-state index contributed by atoms with van der Waals surface area (Å²) in [6.07, 6.45) is 1.25. The van der Waals surface area contributed by atoms with E-state index in [1.807, 2.05) is 0 Å². The number of aromatic nitrogens is 1. The number of aryl methyl sites for hydroxylation is 1. The van der Waals surface area contributed by atoms with Crippen LogP contribution >= 0.6 is 11.6 Å². The lowest BCUT2D eigenvalue weighted by Gasteiger charge is -2.06. The minimum absolute atomic E-state index is 0.0307. The minimum Gasteiger partial charge on any atom is -0.436 e. The van der Waals surface area contributed by atoms with Crippen LogP contribution in [-0.2, 0) is 0 Å². The number of hydrogen-bond acceptors (Lipinski definition) is 4. The van der Waals surface area contributed by atoms with Crippen LogP contribution < -0.4 is 4.74 Å². The van der Waals surface area contributed by atoms with Crippen molar-refractivity contribution in [3.63, 3.8) is 0 Å². The van der Waals surface area contributed by atoms with Crippen molar-refractivity contribution in [2.24, 2.45) is 0 Å². The fourth-order valence-electron chi connectivity index (χ4n) is 1.49. The maximum Gasteiger partial charge on any atom is 0.272 e. The molecule has 0 N–H and O–H groups in total. The largest absolute Gasteiger partial charge is 0.436 e. The van der Waals surface area contributed by atoms with Crippen molar-refractivity contribution in [2.75, 3.05) is 0 Å². The Balaban J connectivity index is 2.29. The van der Waals surface area contributed by atoms with Gasteiger partial charge in [0.1, 0.15) is 5.75 Å². The predicted molar refractivity (Wildman–Crippen MR) is 67.1 cm³/mol. The van der Waals surface area contributed by atoms with E-state index in [-0.39, 0.29) is 22.3 Å². The van der Waals surface area contributed by atoms with Crippen LogP contribution in [0.5, 0.6) is 11.6 Å². The van der Waals surface area contributed by atoms with E-state index in [0.717, 1.165) is 6.07 Å². The van der Waals surface area contributed by atoms with E-state index in [2.05, 4.69) is 4.98 Å². The first-order valence-electron chi connectivity index (χ1n) is 5.21. The Morgan fingerprint density at radius 2 is 2.16 bits per heavy atom. The monoisotopic (exact) mass is 282 g/mol. The third kappa shape index (κ3) is 2.97. The number of pyridine rings is 1. The molecule has 7 heteroatoms. The molecule has 0 bridgehead atoms. The molecule has 0 aliphatic heterocycles. The molecule has 0 spiro atoms. The summed E-state index contributed by atoms with van der Waals surface area (Å²) in [6, 6.07) is 5.18. The molecule has 0 radical (unpaired) electrons. The topological polar surface area (TPSA) is 65.3 Å². The normalized spacial score (nSPS) is 10.3. The summed E-state index contributed by atoms with van der Waals surface area (Å²) < 4.78 is 18.7. The number of nitro benzene ring substituents is 1. The lowest BCUT2D eigenvalue weighted by atomic mass is 10.2. The molecule has 19 heavy (non-hydrogen) atoms. The Kier molecular flexibility index (Phi) is 3.62.